The van der Waals surface area contributed by atoms with Gasteiger partial charge in [-0.3, -0.25) is 0 Å². The predicted molar refractivity (Wildman–Crippen MR) is 68.8 cm³/mol. The molecule has 0 saturated carbocycles. The number of ether oxygens (including phenoxy) is 1. The van der Waals surface area contributed by atoms with Crippen molar-refractivity contribution in [3.8, 4) is 5.75 Å². The first-order valence-electron chi connectivity index (χ1n) is 5.78. The zero-order chi connectivity index (χ0) is 11.8. The van der Waals surface area contributed by atoms with E-state index < -0.39 is 0 Å². The van der Waals surface area contributed by atoms with Crippen LogP contribution in [0.5, 0.6) is 5.75 Å². The summed E-state index contributed by atoms with van der Waals surface area (Å²) in [7, 11) is 1.96. The topological polar surface area (TPSA) is 21.3 Å². The van der Waals surface area contributed by atoms with Crippen molar-refractivity contribution in [1.82, 2.24) is 5.32 Å². The highest BCUT2D eigenvalue weighted by Crippen LogP contribution is 2.11. The molecule has 88 valence electrons. The molecule has 1 unspecified atom stereocenters. The average Bonchev–Trinajstić information content (AvgIpc) is 2.35. The first kappa shape index (κ1) is 12.8. The van der Waals surface area contributed by atoms with Crippen LogP contribution in [-0.4, -0.2) is 19.7 Å². The summed E-state index contributed by atoms with van der Waals surface area (Å²) in [5.41, 5.74) is 1.26. The van der Waals surface area contributed by atoms with Gasteiger partial charge in [0.2, 0.25) is 0 Å². The van der Waals surface area contributed by atoms with Gasteiger partial charge in [-0.15, -0.1) is 0 Å². The molecular weight excluding hydrogens is 198 g/mol. The second-order valence-electron chi connectivity index (χ2n) is 3.92. The Bertz CT molecular complexity index is 308. The van der Waals surface area contributed by atoms with E-state index in [9.17, 15) is 0 Å². The predicted octanol–water partition coefficient (Wildman–Crippen LogP) is 3.01. The van der Waals surface area contributed by atoms with Gasteiger partial charge in [-0.05, 0) is 32.0 Å². The van der Waals surface area contributed by atoms with Crippen LogP contribution in [-0.2, 0) is 0 Å². The van der Waals surface area contributed by atoms with Gasteiger partial charge in [0.05, 0.1) is 0 Å². The third kappa shape index (κ3) is 4.49. The van der Waals surface area contributed by atoms with Crippen molar-refractivity contribution in [1.29, 1.82) is 0 Å². The Labute approximate surface area is 98.3 Å². The molecule has 0 heterocycles. The molecule has 0 spiro atoms. The van der Waals surface area contributed by atoms with E-state index in [1.54, 1.807) is 0 Å². The summed E-state index contributed by atoms with van der Waals surface area (Å²) in [4.78, 5) is 0. The second-order valence-corrected chi connectivity index (χ2v) is 3.92. The Kier molecular flexibility index (Phi) is 5.65. The number of hydrogen-bond donors (Lipinski definition) is 1. The summed E-state index contributed by atoms with van der Waals surface area (Å²) < 4.78 is 5.70. The maximum atomic E-state index is 5.70. The fraction of sp³-hybridized carbons (Fsp3) is 0.429. The van der Waals surface area contributed by atoms with Gasteiger partial charge < -0.3 is 10.1 Å². The smallest absolute Gasteiger partial charge is 0.119 e. The van der Waals surface area contributed by atoms with Crippen LogP contribution >= 0.6 is 0 Å². The Balaban J connectivity index is 2.37. The maximum absolute atomic E-state index is 5.70. The van der Waals surface area contributed by atoms with Crippen LogP contribution in [0.15, 0.2) is 42.5 Å². The third-order valence-electron chi connectivity index (χ3n) is 2.64. The molecule has 0 amide bonds. The van der Waals surface area contributed by atoms with Crippen LogP contribution in [0, 0.1) is 0 Å². The summed E-state index contributed by atoms with van der Waals surface area (Å²) in [6.07, 6.45) is 2.00. The molecule has 2 nitrogen and oxygen atoms in total. The van der Waals surface area contributed by atoms with Crippen LogP contribution in [0.4, 0.5) is 0 Å². The van der Waals surface area contributed by atoms with Crippen molar-refractivity contribution in [2.75, 3.05) is 13.7 Å². The molecule has 0 radical (unpaired) electrons. The molecule has 1 N–H and O–H groups in total. The second kappa shape index (κ2) is 7.07. The number of para-hydroxylation sites is 1. The van der Waals surface area contributed by atoms with Gasteiger partial charge in [-0.25, -0.2) is 0 Å². The highest BCUT2D eigenvalue weighted by atomic mass is 16.5. The van der Waals surface area contributed by atoms with Crippen LogP contribution < -0.4 is 10.1 Å². The summed E-state index contributed by atoms with van der Waals surface area (Å²) in [5, 5.41) is 3.25. The lowest BCUT2D eigenvalue weighted by Gasteiger charge is -2.17. The Morgan fingerprint density at radius 2 is 2.06 bits per heavy atom. The molecule has 1 atom stereocenters. The lowest BCUT2D eigenvalue weighted by atomic mass is 10.1. The number of likely N-dealkylation sites (N-methyl/N-ethyl adjacent to an activating group) is 1. The zero-order valence-electron chi connectivity index (χ0n) is 10.2. The molecule has 0 fully saturated rings. The zero-order valence-corrected chi connectivity index (χ0v) is 10.2. The standard InChI is InChI=1S/C14H21NO/c1-4-12(2)10-13(15-3)11-16-14-8-6-5-7-9-14/h5-9,13,15H,2,4,10-11H2,1,3H3. The molecule has 0 aliphatic carbocycles. The average molecular weight is 219 g/mol. The van der Waals surface area contributed by atoms with Crippen molar-refractivity contribution < 1.29 is 4.74 Å². The van der Waals surface area contributed by atoms with Gasteiger partial charge in [-0.1, -0.05) is 37.3 Å². The highest BCUT2D eigenvalue weighted by molar-refractivity contribution is 5.21. The van der Waals surface area contributed by atoms with Crippen molar-refractivity contribution >= 4 is 0 Å². The number of rotatable bonds is 7. The van der Waals surface area contributed by atoms with Crippen molar-refractivity contribution in [2.24, 2.45) is 0 Å². The molecule has 1 aromatic carbocycles. The Morgan fingerprint density at radius 1 is 1.38 bits per heavy atom. The molecule has 0 aliphatic rings. The van der Waals surface area contributed by atoms with Crippen LogP contribution in [0.2, 0.25) is 0 Å². The fourth-order valence-electron chi connectivity index (χ4n) is 1.45. The van der Waals surface area contributed by atoms with Gasteiger partial charge in [0, 0.05) is 6.04 Å². The molecule has 0 bridgehead atoms. The van der Waals surface area contributed by atoms with Crippen LogP contribution in [0.1, 0.15) is 19.8 Å². The highest BCUT2D eigenvalue weighted by Gasteiger charge is 2.07. The molecule has 0 aromatic heterocycles. The summed E-state index contributed by atoms with van der Waals surface area (Å²) in [6, 6.07) is 10.2. The number of hydrogen-bond acceptors (Lipinski definition) is 2. The molecule has 0 aliphatic heterocycles. The van der Waals surface area contributed by atoms with E-state index in [-0.39, 0.29) is 0 Å². The minimum Gasteiger partial charge on any atom is -0.492 e. The third-order valence-corrected chi connectivity index (χ3v) is 2.64. The van der Waals surface area contributed by atoms with Crippen molar-refractivity contribution in [3.63, 3.8) is 0 Å². The summed E-state index contributed by atoms with van der Waals surface area (Å²) in [5.74, 6) is 0.921. The number of benzene rings is 1. The lowest BCUT2D eigenvalue weighted by molar-refractivity contribution is 0.269. The van der Waals surface area contributed by atoms with E-state index in [2.05, 4.69) is 18.8 Å². The summed E-state index contributed by atoms with van der Waals surface area (Å²) >= 11 is 0. The Hall–Kier alpha value is -1.28. The molecule has 2 heteroatoms. The van der Waals surface area contributed by atoms with Crippen molar-refractivity contribution in [2.45, 2.75) is 25.8 Å². The van der Waals surface area contributed by atoms with Gasteiger partial charge in [0.25, 0.3) is 0 Å². The lowest BCUT2D eigenvalue weighted by Crippen LogP contribution is -2.32. The van der Waals surface area contributed by atoms with E-state index >= 15 is 0 Å². The number of nitrogens with one attached hydrogen (secondary N) is 1. The minimum absolute atomic E-state index is 0.340. The van der Waals surface area contributed by atoms with Gasteiger partial charge in [-0.2, -0.15) is 0 Å². The molecule has 1 rings (SSSR count). The molecular formula is C14H21NO. The Morgan fingerprint density at radius 3 is 2.62 bits per heavy atom. The fourth-order valence-corrected chi connectivity index (χ4v) is 1.45. The van der Waals surface area contributed by atoms with Gasteiger partial charge in [0.15, 0.2) is 0 Å². The van der Waals surface area contributed by atoms with Gasteiger partial charge >= 0.3 is 0 Å². The van der Waals surface area contributed by atoms with E-state index in [4.69, 9.17) is 4.74 Å². The molecule has 16 heavy (non-hydrogen) atoms. The van der Waals surface area contributed by atoms with Crippen molar-refractivity contribution in [3.05, 3.63) is 42.5 Å². The maximum Gasteiger partial charge on any atom is 0.119 e. The summed E-state index contributed by atoms with van der Waals surface area (Å²) in [6.45, 7) is 6.83. The van der Waals surface area contributed by atoms with E-state index in [1.165, 1.54) is 5.57 Å². The quantitative estimate of drug-likeness (QED) is 0.712. The molecule has 1 aromatic rings. The van der Waals surface area contributed by atoms with E-state index in [0.717, 1.165) is 18.6 Å². The monoisotopic (exact) mass is 219 g/mol. The van der Waals surface area contributed by atoms with Gasteiger partial charge in [0.1, 0.15) is 12.4 Å². The largest absolute Gasteiger partial charge is 0.492 e. The normalized spacial score (nSPS) is 12.1. The SMILES string of the molecule is C=C(CC)CC(COc1ccccc1)NC. The van der Waals surface area contributed by atoms with Crippen LogP contribution in [0.3, 0.4) is 0 Å². The van der Waals surface area contributed by atoms with E-state index in [0.29, 0.717) is 12.6 Å². The first-order valence-corrected chi connectivity index (χ1v) is 5.78. The first-order chi connectivity index (χ1) is 7.76. The molecule has 0 saturated heterocycles. The van der Waals surface area contributed by atoms with Crippen LogP contribution in [0.25, 0.3) is 0 Å². The minimum atomic E-state index is 0.340. The van der Waals surface area contributed by atoms with E-state index in [1.807, 2.05) is 37.4 Å².